The topological polar surface area (TPSA) is 32.9 Å². The van der Waals surface area contributed by atoms with Gasteiger partial charge in [0.1, 0.15) is 5.82 Å². The van der Waals surface area contributed by atoms with Gasteiger partial charge in [0.25, 0.3) is 5.56 Å². The van der Waals surface area contributed by atoms with Gasteiger partial charge in [-0.2, -0.15) is 4.39 Å². The van der Waals surface area contributed by atoms with Crippen molar-refractivity contribution in [3.8, 4) is 0 Å². The van der Waals surface area contributed by atoms with Crippen molar-refractivity contribution in [2.75, 3.05) is 0 Å². The summed E-state index contributed by atoms with van der Waals surface area (Å²) in [5.74, 6) is -1.94. The number of hydrogen-bond donors (Lipinski definition) is 1. The standard InChI is InChI=1S/C8H9F2NO/c1-4(2)7-5(9)3-6(12)11-8(7)10/h3-4H,1-2H3,(H,11,12). The van der Waals surface area contributed by atoms with Crippen molar-refractivity contribution in [3.63, 3.8) is 0 Å². The summed E-state index contributed by atoms with van der Waals surface area (Å²) in [5.41, 5.74) is -0.830. The van der Waals surface area contributed by atoms with E-state index in [1.165, 1.54) is 0 Å². The van der Waals surface area contributed by atoms with E-state index in [-0.39, 0.29) is 11.5 Å². The van der Waals surface area contributed by atoms with Crippen LogP contribution in [0.3, 0.4) is 0 Å². The molecule has 0 saturated carbocycles. The van der Waals surface area contributed by atoms with Gasteiger partial charge in [-0.15, -0.1) is 0 Å². The molecule has 0 bridgehead atoms. The van der Waals surface area contributed by atoms with Crippen LogP contribution in [-0.2, 0) is 0 Å². The molecule has 0 fully saturated rings. The molecule has 66 valence electrons. The van der Waals surface area contributed by atoms with E-state index >= 15 is 0 Å². The first kappa shape index (κ1) is 8.90. The van der Waals surface area contributed by atoms with E-state index in [0.29, 0.717) is 0 Å². The Morgan fingerprint density at radius 1 is 1.42 bits per heavy atom. The second-order valence-corrected chi connectivity index (χ2v) is 2.86. The van der Waals surface area contributed by atoms with Gasteiger partial charge < -0.3 is 0 Å². The molecule has 1 rings (SSSR count). The van der Waals surface area contributed by atoms with Crippen LogP contribution in [0.2, 0.25) is 0 Å². The molecule has 0 spiro atoms. The third kappa shape index (κ3) is 1.52. The van der Waals surface area contributed by atoms with Crippen molar-refractivity contribution in [2.24, 2.45) is 0 Å². The molecule has 1 N–H and O–H groups in total. The summed E-state index contributed by atoms with van der Waals surface area (Å²) in [5, 5.41) is 0. The number of rotatable bonds is 1. The third-order valence-electron chi connectivity index (χ3n) is 1.56. The maximum absolute atomic E-state index is 12.9. The lowest BCUT2D eigenvalue weighted by atomic mass is 10.1. The van der Waals surface area contributed by atoms with Crippen LogP contribution in [0.25, 0.3) is 0 Å². The first-order valence-electron chi connectivity index (χ1n) is 3.60. The smallest absolute Gasteiger partial charge is 0.253 e. The highest BCUT2D eigenvalue weighted by Crippen LogP contribution is 2.18. The minimum absolute atomic E-state index is 0.0744. The lowest BCUT2D eigenvalue weighted by molar-refractivity contribution is 0.509. The van der Waals surface area contributed by atoms with Gasteiger partial charge in [-0.25, -0.2) is 4.39 Å². The van der Waals surface area contributed by atoms with Crippen LogP contribution in [0.5, 0.6) is 0 Å². The lowest BCUT2D eigenvalue weighted by Gasteiger charge is -2.06. The Bertz CT molecular complexity index is 317. The molecule has 4 heteroatoms. The van der Waals surface area contributed by atoms with Crippen LogP contribution in [0.4, 0.5) is 8.78 Å². The van der Waals surface area contributed by atoms with Gasteiger partial charge in [0.2, 0.25) is 0 Å². The van der Waals surface area contributed by atoms with Crippen LogP contribution >= 0.6 is 0 Å². The number of aromatic nitrogens is 1. The zero-order chi connectivity index (χ0) is 9.30. The summed E-state index contributed by atoms with van der Waals surface area (Å²) < 4.78 is 25.8. The maximum atomic E-state index is 12.9. The second kappa shape index (κ2) is 3.05. The van der Waals surface area contributed by atoms with Crippen LogP contribution < -0.4 is 5.56 Å². The molecule has 1 heterocycles. The molecule has 0 saturated heterocycles. The van der Waals surface area contributed by atoms with E-state index in [9.17, 15) is 13.6 Å². The molecule has 0 amide bonds. The summed E-state index contributed by atoms with van der Waals surface area (Å²) in [6.45, 7) is 3.31. The third-order valence-corrected chi connectivity index (χ3v) is 1.56. The predicted octanol–water partition coefficient (Wildman–Crippen LogP) is 1.78. The van der Waals surface area contributed by atoms with Gasteiger partial charge in [0, 0.05) is 11.6 Å². The number of pyridine rings is 1. The molecule has 0 aliphatic heterocycles. The van der Waals surface area contributed by atoms with Crippen molar-refractivity contribution < 1.29 is 8.78 Å². The van der Waals surface area contributed by atoms with Crippen LogP contribution in [-0.4, -0.2) is 4.98 Å². The average molecular weight is 173 g/mol. The van der Waals surface area contributed by atoms with E-state index in [4.69, 9.17) is 0 Å². The molecule has 0 aliphatic carbocycles. The second-order valence-electron chi connectivity index (χ2n) is 2.86. The highest BCUT2D eigenvalue weighted by atomic mass is 19.1. The molecule has 2 nitrogen and oxygen atoms in total. The number of hydrogen-bond acceptors (Lipinski definition) is 1. The van der Waals surface area contributed by atoms with Gasteiger partial charge in [0.15, 0.2) is 5.95 Å². The van der Waals surface area contributed by atoms with Crippen molar-refractivity contribution in [1.29, 1.82) is 0 Å². The van der Waals surface area contributed by atoms with Gasteiger partial charge in [-0.05, 0) is 5.92 Å². The van der Waals surface area contributed by atoms with Crippen molar-refractivity contribution in [1.82, 2.24) is 4.98 Å². The molecule has 0 unspecified atom stereocenters. The van der Waals surface area contributed by atoms with Crippen LogP contribution in [0.1, 0.15) is 25.3 Å². The molecule has 12 heavy (non-hydrogen) atoms. The fourth-order valence-corrected chi connectivity index (χ4v) is 1.04. The zero-order valence-corrected chi connectivity index (χ0v) is 6.82. The molecule has 0 atom stereocenters. The van der Waals surface area contributed by atoms with E-state index in [1.54, 1.807) is 13.8 Å². The molecule has 0 radical (unpaired) electrons. The first-order valence-corrected chi connectivity index (χ1v) is 3.60. The largest absolute Gasteiger partial charge is 0.298 e. The Morgan fingerprint density at radius 3 is 2.42 bits per heavy atom. The first-order chi connectivity index (χ1) is 5.52. The van der Waals surface area contributed by atoms with Gasteiger partial charge >= 0.3 is 0 Å². The fourth-order valence-electron chi connectivity index (χ4n) is 1.04. The van der Waals surface area contributed by atoms with E-state index < -0.39 is 17.3 Å². The Labute approximate surface area is 68.2 Å². The Morgan fingerprint density at radius 2 is 2.00 bits per heavy atom. The fraction of sp³-hybridized carbons (Fsp3) is 0.375. The Hall–Kier alpha value is -1.19. The summed E-state index contributed by atoms with van der Waals surface area (Å²) in [6.07, 6.45) is 0. The monoisotopic (exact) mass is 173 g/mol. The normalized spacial score (nSPS) is 10.8. The number of nitrogens with one attached hydrogen (secondary N) is 1. The molecule has 0 aliphatic rings. The summed E-state index contributed by atoms with van der Waals surface area (Å²) in [6, 6.07) is 0.748. The molecular weight excluding hydrogens is 164 g/mol. The van der Waals surface area contributed by atoms with Crippen molar-refractivity contribution in [3.05, 3.63) is 33.7 Å². The average Bonchev–Trinajstić information content (AvgIpc) is 1.82. The Kier molecular flexibility index (Phi) is 2.26. The lowest BCUT2D eigenvalue weighted by Crippen LogP contribution is -2.12. The zero-order valence-electron chi connectivity index (χ0n) is 6.82. The highest BCUT2D eigenvalue weighted by Gasteiger charge is 2.13. The van der Waals surface area contributed by atoms with E-state index in [2.05, 4.69) is 0 Å². The summed E-state index contributed by atoms with van der Waals surface area (Å²) >= 11 is 0. The molecule has 0 aromatic carbocycles. The highest BCUT2D eigenvalue weighted by molar-refractivity contribution is 5.17. The predicted molar refractivity (Wildman–Crippen MR) is 41.1 cm³/mol. The van der Waals surface area contributed by atoms with Crippen molar-refractivity contribution >= 4 is 0 Å². The van der Waals surface area contributed by atoms with Crippen LogP contribution in [0, 0.1) is 11.8 Å². The Balaban J connectivity index is 3.38. The van der Waals surface area contributed by atoms with Gasteiger partial charge in [0.05, 0.1) is 0 Å². The summed E-state index contributed by atoms with van der Waals surface area (Å²) in [4.78, 5) is 12.4. The molecule has 1 aromatic rings. The minimum Gasteiger partial charge on any atom is -0.298 e. The van der Waals surface area contributed by atoms with Crippen LogP contribution in [0.15, 0.2) is 10.9 Å². The van der Waals surface area contributed by atoms with Crippen molar-refractivity contribution in [2.45, 2.75) is 19.8 Å². The minimum atomic E-state index is -0.880. The van der Waals surface area contributed by atoms with Gasteiger partial charge in [-0.1, -0.05) is 13.8 Å². The number of H-pyrrole nitrogens is 1. The quantitative estimate of drug-likeness (QED) is 0.645. The molecular formula is C8H9F2NO. The van der Waals surface area contributed by atoms with E-state index in [0.717, 1.165) is 6.07 Å². The molecule has 1 aromatic heterocycles. The van der Waals surface area contributed by atoms with E-state index in [1.807, 2.05) is 4.98 Å². The number of aromatic amines is 1. The maximum Gasteiger partial charge on any atom is 0.253 e. The van der Waals surface area contributed by atoms with Gasteiger partial charge in [-0.3, -0.25) is 9.78 Å². The number of halogens is 2. The summed E-state index contributed by atoms with van der Waals surface area (Å²) in [7, 11) is 0. The SMILES string of the molecule is CC(C)c1c(F)cc(=O)[nH]c1F.